The molecule has 2 amide bonds. The normalized spacial score (nSPS) is 13.5. The lowest BCUT2D eigenvalue weighted by Gasteiger charge is -2.35. The van der Waals surface area contributed by atoms with Crippen molar-refractivity contribution < 1.29 is 9.53 Å². The second-order valence-corrected chi connectivity index (χ2v) is 9.41. The van der Waals surface area contributed by atoms with Crippen LogP contribution in [0.1, 0.15) is 46.6 Å². The number of para-hydroxylation sites is 1. The molecule has 0 saturated carbocycles. The van der Waals surface area contributed by atoms with Gasteiger partial charge in [0.25, 0.3) is 0 Å². The molecule has 2 N–H and O–H groups in total. The maximum Gasteiger partial charge on any atom is 0.319 e. The minimum Gasteiger partial charge on any atom is -0.496 e. The Kier molecular flexibility index (Phi) is 8.48. The number of likely N-dealkylation sites (tertiary alicyclic amines) is 1. The number of urea groups is 1. The number of anilines is 1. The van der Waals surface area contributed by atoms with Gasteiger partial charge in [-0.25, -0.2) is 4.79 Å². The van der Waals surface area contributed by atoms with E-state index in [1.807, 2.05) is 55.5 Å². The van der Waals surface area contributed by atoms with Crippen LogP contribution in [0, 0.1) is 18.3 Å². The molecule has 1 saturated heterocycles. The Morgan fingerprint density at radius 3 is 2.54 bits per heavy atom. The van der Waals surface area contributed by atoms with Crippen LogP contribution in [0.25, 0.3) is 5.70 Å². The van der Waals surface area contributed by atoms with Crippen molar-refractivity contribution in [3.63, 3.8) is 0 Å². The number of nitrogens with zero attached hydrogens (tertiary/aromatic N) is 2. The summed E-state index contributed by atoms with van der Waals surface area (Å²) in [5, 5.41) is 15.0. The van der Waals surface area contributed by atoms with Gasteiger partial charge >= 0.3 is 6.03 Å². The van der Waals surface area contributed by atoms with E-state index in [4.69, 9.17) is 10.00 Å². The molecule has 3 aromatic carbocycles. The summed E-state index contributed by atoms with van der Waals surface area (Å²) in [7, 11) is 1.65. The van der Waals surface area contributed by atoms with Gasteiger partial charge in [-0.3, -0.25) is 0 Å². The molecular formula is C31H34N4O2. The quantitative estimate of drug-likeness (QED) is 0.397. The van der Waals surface area contributed by atoms with Crippen LogP contribution in [0.4, 0.5) is 10.5 Å². The Hall–Kier alpha value is -4.24. The highest BCUT2D eigenvalue weighted by Gasteiger charge is 2.22. The van der Waals surface area contributed by atoms with E-state index in [1.165, 1.54) is 5.56 Å². The van der Waals surface area contributed by atoms with Gasteiger partial charge in [0.2, 0.25) is 0 Å². The highest BCUT2D eigenvalue weighted by molar-refractivity contribution is 5.90. The molecule has 1 fully saturated rings. The fourth-order valence-electron chi connectivity index (χ4n) is 4.82. The van der Waals surface area contributed by atoms with Gasteiger partial charge in [-0.05, 0) is 78.6 Å². The zero-order chi connectivity index (χ0) is 26.2. The number of benzene rings is 3. The van der Waals surface area contributed by atoms with Gasteiger partial charge in [0, 0.05) is 31.0 Å². The van der Waals surface area contributed by atoms with Crippen LogP contribution in [0.5, 0.6) is 5.75 Å². The monoisotopic (exact) mass is 494 g/mol. The molecule has 0 bridgehead atoms. The van der Waals surface area contributed by atoms with E-state index < -0.39 is 0 Å². The molecule has 0 spiro atoms. The molecule has 1 heterocycles. The van der Waals surface area contributed by atoms with E-state index in [1.54, 1.807) is 7.11 Å². The van der Waals surface area contributed by atoms with Crippen molar-refractivity contribution in [2.45, 2.75) is 32.1 Å². The average Bonchev–Trinajstić information content (AvgIpc) is 2.94. The van der Waals surface area contributed by atoms with Gasteiger partial charge in [-0.1, -0.05) is 49.0 Å². The summed E-state index contributed by atoms with van der Waals surface area (Å²) >= 11 is 0. The van der Waals surface area contributed by atoms with E-state index in [-0.39, 0.29) is 6.03 Å². The molecule has 190 valence electrons. The third-order valence-electron chi connectivity index (χ3n) is 7.08. The molecular weight excluding hydrogens is 460 g/mol. The van der Waals surface area contributed by atoms with Crippen LogP contribution >= 0.6 is 0 Å². The predicted octanol–water partition coefficient (Wildman–Crippen LogP) is 6.09. The number of nitriles is 1. The first kappa shape index (κ1) is 25.8. The lowest BCUT2D eigenvalue weighted by molar-refractivity contribution is 0.252. The maximum absolute atomic E-state index is 12.6. The number of aryl methyl sites for hydroxylation is 1. The second-order valence-electron chi connectivity index (χ2n) is 9.41. The van der Waals surface area contributed by atoms with Crippen molar-refractivity contribution in [1.29, 1.82) is 5.26 Å². The highest BCUT2D eigenvalue weighted by atomic mass is 16.5. The largest absolute Gasteiger partial charge is 0.496 e. The number of carbonyl (C=O) groups is 1. The lowest BCUT2D eigenvalue weighted by atomic mass is 9.88. The topological polar surface area (TPSA) is 77.4 Å². The molecule has 4 rings (SSSR count). The van der Waals surface area contributed by atoms with Crippen LogP contribution in [-0.4, -0.2) is 37.7 Å². The number of nitrogens with one attached hydrogen (secondary N) is 2. The van der Waals surface area contributed by atoms with E-state index >= 15 is 0 Å². The summed E-state index contributed by atoms with van der Waals surface area (Å²) in [6.45, 7) is 8.70. The van der Waals surface area contributed by atoms with Crippen molar-refractivity contribution >= 4 is 17.4 Å². The molecule has 3 aromatic rings. The Labute approximate surface area is 219 Å². The number of hydrogen-bond acceptors (Lipinski definition) is 4. The van der Waals surface area contributed by atoms with Crippen LogP contribution < -0.4 is 15.4 Å². The predicted molar refractivity (Wildman–Crippen MR) is 149 cm³/mol. The van der Waals surface area contributed by atoms with Crippen LogP contribution in [0.3, 0.4) is 0 Å². The average molecular weight is 495 g/mol. The Balaban J connectivity index is 1.31. The molecule has 37 heavy (non-hydrogen) atoms. The van der Waals surface area contributed by atoms with Gasteiger partial charge in [0.15, 0.2) is 0 Å². The standard InChI is InChI=1S/C31H34N4O2/c1-22-8-11-28(20-29(22)34-31(36)33-17-14-27-6-4-5-7-30(27)37-3)23(2)35-18-15-26(16-19-35)25-12-9-24(21-32)10-13-25/h4-13,20,26H,2,14-19H2,1,3H3,(H2,33,34,36). The third kappa shape index (κ3) is 6.50. The molecule has 6 nitrogen and oxygen atoms in total. The van der Waals surface area contributed by atoms with Crippen LogP contribution in [0.2, 0.25) is 0 Å². The van der Waals surface area contributed by atoms with Crippen molar-refractivity contribution in [2.75, 3.05) is 32.1 Å². The Morgan fingerprint density at radius 1 is 1.11 bits per heavy atom. The number of amides is 2. The van der Waals surface area contributed by atoms with Crippen LogP contribution in [0.15, 0.2) is 73.3 Å². The summed E-state index contributed by atoms with van der Waals surface area (Å²) in [6.07, 6.45) is 2.76. The fourth-order valence-corrected chi connectivity index (χ4v) is 4.82. The molecule has 1 aliphatic rings. The third-order valence-corrected chi connectivity index (χ3v) is 7.08. The molecule has 0 aliphatic carbocycles. The summed E-state index contributed by atoms with van der Waals surface area (Å²) in [5.74, 6) is 1.32. The number of rotatable bonds is 8. The van der Waals surface area contributed by atoms with Gasteiger partial charge in [-0.2, -0.15) is 5.26 Å². The smallest absolute Gasteiger partial charge is 0.319 e. The number of ether oxygens (including phenoxy) is 1. The van der Waals surface area contributed by atoms with E-state index in [0.29, 0.717) is 24.4 Å². The van der Waals surface area contributed by atoms with E-state index in [0.717, 1.165) is 59.8 Å². The number of piperidine rings is 1. The Morgan fingerprint density at radius 2 is 1.84 bits per heavy atom. The van der Waals surface area contributed by atoms with Crippen molar-refractivity contribution in [2.24, 2.45) is 0 Å². The Bertz CT molecular complexity index is 1290. The number of carbonyl (C=O) groups excluding carboxylic acids is 1. The highest BCUT2D eigenvalue weighted by Crippen LogP contribution is 2.32. The molecule has 6 heteroatoms. The number of methoxy groups -OCH3 is 1. The van der Waals surface area contributed by atoms with Gasteiger partial charge in [-0.15, -0.1) is 0 Å². The molecule has 0 aromatic heterocycles. The van der Waals surface area contributed by atoms with Gasteiger partial charge < -0.3 is 20.3 Å². The number of hydrogen-bond donors (Lipinski definition) is 2. The maximum atomic E-state index is 12.6. The summed E-state index contributed by atoms with van der Waals surface area (Å²) in [6, 6.07) is 23.8. The fraction of sp³-hybridized carbons (Fsp3) is 0.290. The van der Waals surface area contributed by atoms with Crippen molar-refractivity contribution in [1.82, 2.24) is 10.2 Å². The first-order chi connectivity index (χ1) is 18.0. The lowest BCUT2D eigenvalue weighted by Crippen LogP contribution is -2.32. The van der Waals surface area contributed by atoms with Crippen molar-refractivity contribution in [3.8, 4) is 11.8 Å². The summed E-state index contributed by atoms with van der Waals surface area (Å²) in [5.41, 5.74) is 6.80. The molecule has 0 radical (unpaired) electrons. The van der Waals surface area contributed by atoms with E-state index in [9.17, 15) is 4.79 Å². The first-order valence-electron chi connectivity index (χ1n) is 12.7. The summed E-state index contributed by atoms with van der Waals surface area (Å²) < 4.78 is 5.39. The molecule has 0 atom stereocenters. The van der Waals surface area contributed by atoms with Gasteiger partial charge in [0.05, 0.1) is 18.7 Å². The van der Waals surface area contributed by atoms with E-state index in [2.05, 4.69) is 46.4 Å². The SMILES string of the molecule is C=C(c1ccc(C)c(NC(=O)NCCc2ccccc2OC)c1)N1CCC(c2ccc(C#N)cc2)CC1. The molecule has 1 aliphatic heterocycles. The first-order valence-corrected chi connectivity index (χ1v) is 12.7. The zero-order valence-electron chi connectivity index (χ0n) is 21.6. The minimum atomic E-state index is -0.232. The second kappa shape index (κ2) is 12.1. The van der Waals surface area contributed by atoms with Crippen molar-refractivity contribution in [3.05, 3.63) is 101 Å². The van der Waals surface area contributed by atoms with Gasteiger partial charge in [0.1, 0.15) is 5.75 Å². The van der Waals surface area contributed by atoms with Crippen LogP contribution in [-0.2, 0) is 6.42 Å². The molecule has 0 unspecified atom stereocenters. The summed E-state index contributed by atoms with van der Waals surface area (Å²) in [4.78, 5) is 14.9. The zero-order valence-corrected chi connectivity index (χ0v) is 21.6. The minimum absolute atomic E-state index is 0.232.